The van der Waals surface area contributed by atoms with Gasteiger partial charge < -0.3 is 69.3 Å². The van der Waals surface area contributed by atoms with Crippen LogP contribution in [0.3, 0.4) is 0 Å². The lowest BCUT2D eigenvalue weighted by Crippen LogP contribution is -2.61. The van der Waals surface area contributed by atoms with Gasteiger partial charge in [-0.15, -0.1) is 0 Å². The van der Waals surface area contributed by atoms with Gasteiger partial charge >= 0.3 is 5.97 Å². The van der Waals surface area contributed by atoms with Gasteiger partial charge in [-0.05, 0) is 31.2 Å². The molecule has 10 atom stereocenters. The molecular weight excluding hydrogens is 580 g/mol. The van der Waals surface area contributed by atoms with Crippen molar-refractivity contribution in [1.29, 1.82) is 0 Å². The maximum Gasteiger partial charge on any atom is 0.335 e. The van der Waals surface area contributed by atoms with Gasteiger partial charge in [-0.3, -0.25) is 4.79 Å². The Morgan fingerprint density at radius 1 is 0.791 bits per heavy atom. The monoisotopic (exact) mass is 608 g/mol. The van der Waals surface area contributed by atoms with Gasteiger partial charge in [0.1, 0.15) is 64.8 Å². The molecule has 16 nitrogen and oxygen atoms in total. The van der Waals surface area contributed by atoms with Crippen LogP contribution in [0, 0.1) is 0 Å². The van der Waals surface area contributed by atoms with Crippen molar-refractivity contribution in [2.45, 2.75) is 68.3 Å². The van der Waals surface area contributed by atoms with Gasteiger partial charge in [0.2, 0.25) is 23.8 Å². The molecule has 16 heteroatoms. The predicted molar refractivity (Wildman–Crippen MR) is 139 cm³/mol. The van der Waals surface area contributed by atoms with Crippen LogP contribution in [0.5, 0.6) is 23.0 Å². The fourth-order valence-corrected chi connectivity index (χ4v) is 4.75. The van der Waals surface area contributed by atoms with Crippen molar-refractivity contribution in [3.8, 4) is 34.3 Å². The van der Waals surface area contributed by atoms with Gasteiger partial charge in [0.15, 0.2) is 11.9 Å². The molecule has 0 bridgehead atoms. The van der Waals surface area contributed by atoms with E-state index in [1.165, 1.54) is 31.2 Å². The first-order valence-corrected chi connectivity index (χ1v) is 12.9. The van der Waals surface area contributed by atoms with Crippen molar-refractivity contribution in [2.24, 2.45) is 0 Å². The molecule has 9 N–H and O–H groups in total. The van der Waals surface area contributed by atoms with Crippen LogP contribution in [0.4, 0.5) is 0 Å². The molecule has 2 aromatic carbocycles. The van der Waals surface area contributed by atoms with E-state index in [1.54, 1.807) is 0 Å². The summed E-state index contributed by atoms with van der Waals surface area (Å²) in [4.78, 5) is 25.1. The first-order valence-electron chi connectivity index (χ1n) is 12.9. The number of benzene rings is 2. The van der Waals surface area contributed by atoms with Gasteiger partial charge in [-0.2, -0.15) is 0 Å². The highest BCUT2D eigenvalue weighted by Crippen LogP contribution is 2.38. The molecule has 232 valence electrons. The first kappa shape index (κ1) is 30.5. The zero-order valence-electron chi connectivity index (χ0n) is 22.1. The summed E-state index contributed by atoms with van der Waals surface area (Å²) in [5.41, 5.74) is -1.12. The van der Waals surface area contributed by atoms with E-state index in [-0.39, 0.29) is 28.4 Å². The Kier molecular flexibility index (Phi) is 8.21. The number of aliphatic carboxylic acids is 1. The SMILES string of the molecule is C[C@@H]1O[C@@H](Oc2c(-c3ccc(O)cc3)oc3cc(O[C@@H]4O[C@H](C(=O)O)[C@H](O)[C@@H](O)[C@@H]4O)cc(O)c3c2=O)[C@@H](O)[C@@H](O)[C@H]1O. The molecule has 0 aliphatic carbocycles. The zero-order chi connectivity index (χ0) is 31.3. The second kappa shape index (κ2) is 11.6. The number of rotatable bonds is 6. The number of hydrogen-bond donors (Lipinski definition) is 9. The summed E-state index contributed by atoms with van der Waals surface area (Å²) in [5.74, 6) is -3.68. The maximum atomic E-state index is 13.7. The molecule has 0 unspecified atom stereocenters. The van der Waals surface area contributed by atoms with Crippen LogP contribution < -0.4 is 14.9 Å². The van der Waals surface area contributed by atoms with E-state index in [4.69, 9.17) is 23.4 Å². The number of fused-ring (bicyclic) bond motifs is 1. The molecule has 1 aromatic heterocycles. The highest BCUT2D eigenvalue weighted by Gasteiger charge is 2.48. The highest BCUT2D eigenvalue weighted by atomic mass is 16.7. The molecule has 0 radical (unpaired) electrons. The number of phenols is 2. The number of hydrogen-bond acceptors (Lipinski definition) is 15. The Bertz CT molecular complexity index is 1550. The van der Waals surface area contributed by atoms with E-state index in [9.17, 15) is 55.5 Å². The van der Waals surface area contributed by atoms with E-state index in [0.29, 0.717) is 0 Å². The standard InChI is InChI=1S/C27H28O16/c1-8-15(30)17(32)20(35)26(39-8)42-23-16(31)14-12(29)6-11(7-13(14)41-22(23)9-2-4-10(28)5-3-9)40-27-21(36)18(33)19(34)24(43-27)25(37)38/h2-8,15,17-21,24,26-30,32-36H,1H3,(H,37,38)/t8-,15-,17-,18+,19+,20-,21-,24-,26-,27+/m0/s1. The van der Waals surface area contributed by atoms with Gasteiger partial charge in [0.25, 0.3) is 0 Å². The summed E-state index contributed by atoms with van der Waals surface area (Å²) in [6.45, 7) is 1.40. The molecular formula is C27H28O16. The number of carboxylic acids is 1. The van der Waals surface area contributed by atoms with E-state index < -0.39 is 89.7 Å². The summed E-state index contributed by atoms with van der Waals surface area (Å²) in [6.07, 6.45) is -17.3. The van der Waals surface area contributed by atoms with Crippen molar-refractivity contribution in [3.63, 3.8) is 0 Å². The van der Waals surface area contributed by atoms with Crippen LogP contribution in [0.25, 0.3) is 22.3 Å². The number of aromatic hydroxyl groups is 2. The second-order valence-corrected chi connectivity index (χ2v) is 10.1. The third-order valence-electron chi connectivity index (χ3n) is 7.14. The Morgan fingerprint density at radius 3 is 2.02 bits per heavy atom. The molecule has 3 aromatic rings. The molecule has 2 aliphatic heterocycles. The summed E-state index contributed by atoms with van der Waals surface area (Å²) in [7, 11) is 0. The fraction of sp³-hybridized carbons (Fsp3) is 0.407. The lowest BCUT2D eigenvalue weighted by Gasteiger charge is -2.38. The second-order valence-electron chi connectivity index (χ2n) is 10.1. The smallest absolute Gasteiger partial charge is 0.335 e. The minimum Gasteiger partial charge on any atom is -0.508 e. The zero-order valence-corrected chi connectivity index (χ0v) is 22.1. The van der Waals surface area contributed by atoms with Gasteiger partial charge in [-0.25, -0.2) is 4.79 Å². The lowest BCUT2D eigenvalue weighted by atomic mass is 9.99. The van der Waals surface area contributed by atoms with Crippen LogP contribution in [-0.2, 0) is 14.3 Å². The van der Waals surface area contributed by atoms with E-state index in [0.717, 1.165) is 12.1 Å². The molecule has 0 amide bonds. The molecule has 0 saturated carbocycles. The third-order valence-corrected chi connectivity index (χ3v) is 7.14. The van der Waals surface area contributed by atoms with Crippen LogP contribution in [0.2, 0.25) is 0 Å². The van der Waals surface area contributed by atoms with Crippen LogP contribution in [0.1, 0.15) is 6.92 Å². The number of carboxylic acid groups (broad SMARTS) is 1. The normalized spacial score (nSPS) is 32.8. The largest absolute Gasteiger partial charge is 0.508 e. The summed E-state index contributed by atoms with van der Waals surface area (Å²) in [5, 5.41) is 90.2. The van der Waals surface area contributed by atoms with E-state index in [1.807, 2.05) is 0 Å². The molecule has 2 saturated heterocycles. The quantitative estimate of drug-likeness (QED) is 0.152. The Morgan fingerprint density at radius 2 is 1.40 bits per heavy atom. The van der Waals surface area contributed by atoms with Gasteiger partial charge in [-0.1, -0.05) is 0 Å². The lowest BCUT2D eigenvalue weighted by molar-refractivity contribution is -0.271. The third kappa shape index (κ3) is 5.57. The number of carbonyl (C=O) groups is 1. The number of phenolic OH excluding ortho intramolecular Hbond substituents is 2. The Labute approximate surface area is 240 Å². The molecule has 2 aliphatic rings. The van der Waals surface area contributed by atoms with Crippen molar-refractivity contribution in [1.82, 2.24) is 0 Å². The van der Waals surface area contributed by atoms with E-state index >= 15 is 0 Å². The van der Waals surface area contributed by atoms with Crippen molar-refractivity contribution < 1.29 is 74.1 Å². The maximum absolute atomic E-state index is 13.7. The fourth-order valence-electron chi connectivity index (χ4n) is 4.75. The highest BCUT2D eigenvalue weighted by molar-refractivity contribution is 5.88. The van der Waals surface area contributed by atoms with Crippen molar-refractivity contribution in [2.75, 3.05) is 0 Å². The van der Waals surface area contributed by atoms with Crippen LogP contribution in [0.15, 0.2) is 45.6 Å². The van der Waals surface area contributed by atoms with E-state index in [2.05, 4.69) is 0 Å². The molecule has 5 rings (SSSR count). The number of aliphatic hydroxyl groups excluding tert-OH is 6. The Hall–Kier alpha value is -4.00. The minimum atomic E-state index is -1.97. The summed E-state index contributed by atoms with van der Waals surface area (Å²) >= 11 is 0. The molecule has 3 heterocycles. The molecule has 0 spiro atoms. The average Bonchev–Trinajstić information content (AvgIpc) is 2.96. The average molecular weight is 609 g/mol. The van der Waals surface area contributed by atoms with Crippen LogP contribution in [-0.4, -0.2) is 113 Å². The van der Waals surface area contributed by atoms with Gasteiger partial charge in [0.05, 0.1) is 6.10 Å². The first-order chi connectivity index (χ1) is 20.3. The molecule has 2 fully saturated rings. The Balaban J connectivity index is 1.58. The van der Waals surface area contributed by atoms with Crippen molar-refractivity contribution in [3.05, 3.63) is 46.6 Å². The number of ether oxygens (including phenoxy) is 4. The van der Waals surface area contributed by atoms with Crippen LogP contribution >= 0.6 is 0 Å². The predicted octanol–water partition coefficient (Wildman–Crippen LogP) is -1.65. The summed E-state index contributed by atoms with van der Waals surface area (Å²) in [6, 6.07) is 7.25. The summed E-state index contributed by atoms with van der Waals surface area (Å²) < 4.78 is 27.6. The van der Waals surface area contributed by atoms with Gasteiger partial charge in [0, 0.05) is 17.7 Å². The number of aliphatic hydroxyl groups is 6. The van der Waals surface area contributed by atoms with Crippen molar-refractivity contribution >= 4 is 16.9 Å². The molecule has 43 heavy (non-hydrogen) atoms. The minimum absolute atomic E-state index is 0.127. The topological polar surface area (TPSA) is 266 Å².